The van der Waals surface area contributed by atoms with E-state index in [9.17, 15) is 10.1 Å². The van der Waals surface area contributed by atoms with Crippen LogP contribution in [-0.2, 0) is 15.6 Å². The van der Waals surface area contributed by atoms with Crippen LogP contribution in [0.15, 0.2) is 103 Å². The molecule has 0 atom stereocenters. The molecular formula is C33H27Cl3N2O. The average molecular weight is 574 g/mol. The number of halogens is 3. The predicted molar refractivity (Wildman–Crippen MR) is 158 cm³/mol. The number of hydrogen-bond donors (Lipinski definition) is 0. The molecule has 1 saturated heterocycles. The van der Waals surface area contributed by atoms with Gasteiger partial charge in [0.2, 0.25) is 5.91 Å². The fourth-order valence-corrected chi connectivity index (χ4v) is 6.09. The third-order valence-electron chi connectivity index (χ3n) is 7.94. The first-order chi connectivity index (χ1) is 18.9. The van der Waals surface area contributed by atoms with Gasteiger partial charge in [0.1, 0.15) is 0 Å². The molecule has 5 rings (SSSR count). The van der Waals surface area contributed by atoms with Gasteiger partial charge in [-0.15, -0.1) is 0 Å². The quantitative estimate of drug-likeness (QED) is 0.217. The Kier molecular flexibility index (Phi) is 8.01. The largest absolute Gasteiger partial charge is 0.343 e. The lowest BCUT2D eigenvalue weighted by atomic mass is 9.67. The molecule has 1 heterocycles. The molecular weight excluding hydrogens is 547 g/mol. The van der Waals surface area contributed by atoms with Crippen molar-refractivity contribution in [2.24, 2.45) is 0 Å². The molecule has 0 unspecified atom stereocenters. The molecule has 6 heteroatoms. The van der Waals surface area contributed by atoms with Gasteiger partial charge in [0.15, 0.2) is 0 Å². The van der Waals surface area contributed by atoms with E-state index >= 15 is 0 Å². The zero-order chi connectivity index (χ0) is 27.5. The van der Waals surface area contributed by atoms with Crippen LogP contribution in [0.3, 0.4) is 0 Å². The van der Waals surface area contributed by atoms with Crippen molar-refractivity contribution in [1.82, 2.24) is 4.90 Å². The molecule has 0 aromatic heterocycles. The first kappa shape index (κ1) is 27.3. The number of rotatable bonds is 6. The Morgan fingerprint density at radius 1 is 0.718 bits per heavy atom. The van der Waals surface area contributed by atoms with Crippen LogP contribution in [0.5, 0.6) is 0 Å². The summed E-state index contributed by atoms with van der Waals surface area (Å²) < 4.78 is 0. The van der Waals surface area contributed by atoms with E-state index in [-0.39, 0.29) is 12.3 Å². The van der Waals surface area contributed by atoms with Gasteiger partial charge >= 0.3 is 0 Å². The lowest BCUT2D eigenvalue weighted by molar-refractivity contribution is -0.133. The molecule has 0 radical (unpaired) electrons. The maximum atomic E-state index is 14.1. The molecule has 1 fully saturated rings. The summed E-state index contributed by atoms with van der Waals surface area (Å²) in [5.74, 6) is 0.0226. The van der Waals surface area contributed by atoms with E-state index in [1.807, 2.05) is 108 Å². The maximum absolute atomic E-state index is 14.1. The van der Waals surface area contributed by atoms with Crippen LogP contribution in [0.2, 0.25) is 15.1 Å². The van der Waals surface area contributed by atoms with Crippen molar-refractivity contribution in [1.29, 1.82) is 5.26 Å². The molecule has 3 nitrogen and oxygen atoms in total. The van der Waals surface area contributed by atoms with Gasteiger partial charge in [-0.2, -0.15) is 5.26 Å². The molecule has 39 heavy (non-hydrogen) atoms. The lowest BCUT2D eigenvalue weighted by Crippen LogP contribution is -2.47. The highest BCUT2D eigenvalue weighted by Gasteiger charge is 2.42. The first-order valence-electron chi connectivity index (χ1n) is 12.9. The minimum atomic E-state index is -0.806. The highest BCUT2D eigenvalue weighted by Crippen LogP contribution is 2.44. The van der Waals surface area contributed by atoms with Gasteiger partial charge in [-0.3, -0.25) is 4.79 Å². The summed E-state index contributed by atoms with van der Waals surface area (Å²) in [7, 11) is 0. The van der Waals surface area contributed by atoms with Crippen LogP contribution in [0.4, 0.5) is 0 Å². The van der Waals surface area contributed by atoms with E-state index in [1.165, 1.54) is 0 Å². The van der Waals surface area contributed by atoms with Gasteiger partial charge in [-0.1, -0.05) is 102 Å². The first-order valence-corrected chi connectivity index (χ1v) is 14.0. The second-order valence-electron chi connectivity index (χ2n) is 10.0. The summed E-state index contributed by atoms with van der Waals surface area (Å²) in [4.78, 5) is 16.0. The second kappa shape index (κ2) is 11.4. The van der Waals surface area contributed by atoms with E-state index in [4.69, 9.17) is 34.8 Å². The highest BCUT2D eigenvalue weighted by atomic mass is 35.5. The zero-order valence-electron chi connectivity index (χ0n) is 21.3. The Hall–Kier alpha value is -3.29. The molecule has 0 bridgehead atoms. The van der Waals surface area contributed by atoms with Crippen molar-refractivity contribution in [2.45, 2.75) is 30.1 Å². The molecule has 0 saturated carbocycles. The minimum Gasteiger partial charge on any atom is -0.343 e. The Bertz CT molecular complexity index is 1360. The number of hydrogen-bond acceptors (Lipinski definition) is 2. The number of nitrogens with zero attached hydrogens (tertiary/aromatic N) is 2. The number of carbonyl (C=O) groups excluding carboxylic acids is 1. The third kappa shape index (κ3) is 5.43. The molecule has 196 valence electrons. The Labute approximate surface area is 244 Å². The van der Waals surface area contributed by atoms with Crippen molar-refractivity contribution in [3.05, 3.63) is 140 Å². The van der Waals surface area contributed by atoms with Crippen molar-refractivity contribution >= 4 is 40.7 Å². The highest BCUT2D eigenvalue weighted by molar-refractivity contribution is 6.31. The Morgan fingerprint density at radius 2 is 1.13 bits per heavy atom. The van der Waals surface area contributed by atoms with Crippen molar-refractivity contribution in [2.75, 3.05) is 13.1 Å². The number of nitriles is 1. The van der Waals surface area contributed by atoms with Crippen molar-refractivity contribution < 1.29 is 4.79 Å². The van der Waals surface area contributed by atoms with E-state index in [0.29, 0.717) is 41.0 Å². The molecule has 0 N–H and O–H groups in total. The Morgan fingerprint density at radius 3 is 1.51 bits per heavy atom. The summed E-state index contributed by atoms with van der Waals surface area (Å²) in [5, 5.41) is 12.0. The fraction of sp³-hybridized carbons (Fsp3) is 0.212. The summed E-state index contributed by atoms with van der Waals surface area (Å²) in [5.41, 5.74) is 2.45. The van der Waals surface area contributed by atoms with Gasteiger partial charge in [0.25, 0.3) is 0 Å². The number of benzene rings is 4. The third-order valence-corrected chi connectivity index (χ3v) is 8.69. The van der Waals surface area contributed by atoms with Gasteiger partial charge in [0, 0.05) is 34.6 Å². The lowest BCUT2D eigenvalue weighted by Gasteiger charge is -2.41. The van der Waals surface area contributed by atoms with Gasteiger partial charge in [-0.25, -0.2) is 0 Å². The molecule has 1 aliphatic heterocycles. The van der Waals surface area contributed by atoms with Crippen molar-refractivity contribution in [3.63, 3.8) is 0 Å². The zero-order valence-corrected chi connectivity index (χ0v) is 23.6. The van der Waals surface area contributed by atoms with E-state index in [2.05, 4.69) is 6.07 Å². The van der Waals surface area contributed by atoms with Crippen LogP contribution in [0, 0.1) is 11.3 Å². The normalized spacial score (nSPS) is 15.0. The Balaban J connectivity index is 1.54. The topological polar surface area (TPSA) is 44.1 Å². The van der Waals surface area contributed by atoms with Crippen molar-refractivity contribution in [3.8, 4) is 6.07 Å². The van der Waals surface area contributed by atoms with Gasteiger partial charge in [0.05, 0.1) is 16.9 Å². The van der Waals surface area contributed by atoms with Gasteiger partial charge < -0.3 is 4.90 Å². The average Bonchev–Trinajstić information content (AvgIpc) is 2.98. The molecule has 0 aliphatic carbocycles. The van der Waals surface area contributed by atoms with E-state index in [0.717, 1.165) is 22.3 Å². The minimum absolute atomic E-state index is 0.0226. The summed E-state index contributed by atoms with van der Waals surface area (Å²) in [6.07, 6.45) is 1.38. The second-order valence-corrected chi connectivity index (χ2v) is 11.4. The number of likely N-dealkylation sites (tertiary alicyclic amines) is 1. The monoisotopic (exact) mass is 572 g/mol. The maximum Gasteiger partial charge on any atom is 0.224 e. The smallest absolute Gasteiger partial charge is 0.224 e. The fourth-order valence-electron chi connectivity index (χ4n) is 5.71. The number of piperidine rings is 1. The SMILES string of the molecule is N#CC1(c2ccccc2)CCN(C(=O)CC(c2ccc(Cl)cc2)(c2ccc(Cl)cc2)c2ccc(Cl)cc2)CC1. The molecule has 4 aromatic rings. The predicted octanol–water partition coefficient (Wildman–Crippen LogP) is 8.46. The van der Waals surface area contributed by atoms with Crippen LogP contribution in [0.1, 0.15) is 41.5 Å². The summed E-state index contributed by atoms with van der Waals surface area (Å²) in [6.45, 7) is 1.03. The van der Waals surface area contributed by atoms with Crippen LogP contribution < -0.4 is 0 Å². The van der Waals surface area contributed by atoms with Crippen LogP contribution in [-0.4, -0.2) is 23.9 Å². The molecule has 1 aliphatic rings. The van der Waals surface area contributed by atoms with E-state index in [1.54, 1.807) is 0 Å². The molecule has 4 aromatic carbocycles. The summed E-state index contributed by atoms with van der Waals surface area (Å²) in [6, 6.07) is 35.4. The standard InChI is InChI=1S/C33H27Cl3N2O/c34-28-12-6-25(7-13-28)33(26-8-14-29(35)15-9-26,27-10-16-30(36)17-11-27)22-31(39)38-20-18-32(23-37,19-21-38)24-4-2-1-3-5-24/h1-17H,18-22H2. The van der Waals surface area contributed by atoms with Crippen LogP contribution in [0.25, 0.3) is 0 Å². The van der Waals surface area contributed by atoms with Gasteiger partial charge in [-0.05, 0) is 71.5 Å². The summed E-state index contributed by atoms with van der Waals surface area (Å²) >= 11 is 18.8. The number of carbonyl (C=O) groups is 1. The molecule has 0 spiro atoms. The molecule has 1 amide bonds. The van der Waals surface area contributed by atoms with E-state index < -0.39 is 10.8 Å². The number of amides is 1. The van der Waals surface area contributed by atoms with Crippen LogP contribution >= 0.6 is 34.8 Å².